The highest BCUT2D eigenvalue weighted by Gasteiger charge is 2.23. The summed E-state index contributed by atoms with van der Waals surface area (Å²) >= 11 is 0. The molecule has 2 aromatic heterocycles. The van der Waals surface area contributed by atoms with Crippen molar-refractivity contribution in [2.24, 2.45) is 0 Å². The van der Waals surface area contributed by atoms with Gasteiger partial charge < -0.3 is 19.9 Å². The maximum absolute atomic E-state index is 13.8. The molecule has 3 heterocycles. The zero-order valence-electron chi connectivity index (χ0n) is 18.6. The number of nitrogens with one attached hydrogen (secondary N) is 1. The Bertz CT molecular complexity index is 1270. The van der Waals surface area contributed by atoms with Crippen molar-refractivity contribution in [3.8, 4) is 11.6 Å². The number of hydrogen-bond acceptors (Lipinski definition) is 7. The van der Waals surface area contributed by atoms with Crippen LogP contribution in [-0.2, 0) is 16.0 Å². The van der Waals surface area contributed by atoms with Crippen LogP contribution in [0, 0.1) is 12.9 Å². The maximum Gasteiger partial charge on any atom is 0.331 e. The highest BCUT2D eigenvalue weighted by Crippen LogP contribution is 2.32. The number of ether oxygens (including phenoxy) is 3. The summed E-state index contributed by atoms with van der Waals surface area (Å²) in [5, 5.41) is 0. The smallest absolute Gasteiger partial charge is 0.331 e. The number of H-pyrrole nitrogens is 1. The van der Waals surface area contributed by atoms with Crippen molar-refractivity contribution in [2.75, 3.05) is 18.9 Å². The molecule has 0 unspecified atom stereocenters. The van der Waals surface area contributed by atoms with Gasteiger partial charge in [-0.15, -0.1) is 0 Å². The predicted octanol–water partition coefficient (Wildman–Crippen LogP) is 2.97. The molecule has 10 heteroatoms. The number of nitrogens with two attached hydrogens (primary N) is 1. The number of aromatic nitrogens is 3. The van der Waals surface area contributed by atoms with E-state index in [1.165, 1.54) is 16.7 Å². The molecule has 0 bridgehead atoms. The summed E-state index contributed by atoms with van der Waals surface area (Å²) in [4.78, 5) is 31.3. The fraction of sp³-hybridized carbons (Fsp3) is 0.348. The van der Waals surface area contributed by atoms with Gasteiger partial charge in [0.25, 0.3) is 5.56 Å². The molecule has 3 aromatic rings. The molecule has 1 aromatic carbocycles. The minimum Gasteiger partial charge on any atom is -0.440 e. The Labute approximate surface area is 188 Å². The van der Waals surface area contributed by atoms with Gasteiger partial charge in [-0.05, 0) is 48.2 Å². The fourth-order valence-electron chi connectivity index (χ4n) is 3.81. The number of anilines is 1. The van der Waals surface area contributed by atoms with E-state index in [4.69, 9.17) is 19.9 Å². The Morgan fingerprint density at radius 3 is 2.61 bits per heavy atom. The molecule has 0 radical (unpaired) electrons. The molecule has 4 rings (SSSR count). The van der Waals surface area contributed by atoms with Crippen molar-refractivity contribution in [1.29, 1.82) is 0 Å². The molecule has 0 saturated carbocycles. The van der Waals surface area contributed by atoms with Crippen LogP contribution in [0.4, 0.5) is 10.2 Å². The molecule has 3 N–H and O–H groups in total. The van der Waals surface area contributed by atoms with E-state index in [9.17, 15) is 14.0 Å². The van der Waals surface area contributed by atoms with Crippen LogP contribution < -0.4 is 21.7 Å². The molecule has 0 atom stereocenters. The molecule has 33 heavy (non-hydrogen) atoms. The molecule has 1 fully saturated rings. The van der Waals surface area contributed by atoms with Crippen molar-refractivity contribution < 1.29 is 18.6 Å². The van der Waals surface area contributed by atoms with Crippen molar-refractivity contribution in [2.45, 2.75) is 39.5 Å². The lowest BCUT2D eigenvalue weighted by molar-refractivity contribution is -0.0442. The molecule has 9 nitrogen and oxygen atoms in total. The first kappa shape index (κ1) is 22.7. The zero-order valence-corrected chi connectivity index (χ0v) is 18.6. The third-order valence-electron chi connectivity index (χ3n) is 5.16. The molecule has 1 aliphatic rings. The summed E-state index contributed by atoms with van der Waals surface area (Å²) in [6.45, 7) is 6.43. The molecule has 0 amide bonds. The van der Waals surface area contributed by atoms with E-state index in [2.05, 4.69) is 9.97 Å². The number of nitrogens with zero attached hydrogens (tertiary/aromatic N) is 2. The third-order valence-corrected chi connectivity index (χ3v) is 5.16. The lowest BCUT2D eigenvalue weighted by Crippen LogP contribution is -2.34. The van der Waals surface area contributed by atoms with Gasteiger partial charge >= 0.3 is 5.69 Å². The minimum absolute atomic E-state index is 0.0195. The van der Waals surface area contributed by atoms with Crippen LogP contribution in [0.2, 0.25) is 0 Å². The lowest BCUT2D eigenvalue weighted by Gasteiger charge is -2.19. The first-order valence-corrected chi connectivity index (χ1v) is 10.5. The standard InChI is InChI=1S/C23H25FN4O5/c1-12(2)19-20(29)27-23(30)28(11-14-8-17(24)26-18(25)9-14)21(19)33-16-7-13(3)6-15(10-16)22-31-4-5-32-22/h6-10,12,22H,4-5,11H2,1-3H3,(H2,25,26)(H,27,29,30). The number of pyridine rings is 1. The largest absolute Gasteiger partial charge is 0.440 e. The Hall–Kier alpha value is -3.50. The first-order chi connectivity index (χ1) is 15.7. The fourth-order valence-corrected chi connectivity index (χ4v) is 3.81. The summed E-state index contributed by atoms with van der Waals surface area (Å²) in [5.74, 6) is -0.576. The molecular weight excluding hydrogens is 431 g/mol. The van der Waals surface area contributed by atoms with E-state index >= 15 is 0 Å². The van der Waals surface area contributed by atoms with E-state index in [0.29, 0.717) is 24.5 Å². The Kier molecular flexibility index (Phi) is 6.30. The van der Waals surface area contributed by atoms with Gasteiger partial charge in [-0.2, -0.15) is 4.39 Å². The number of nitrogen functional groups attached to an aromatic ring is 1. The number of benzene rings is 1. The Morgan fingerprint density at radius 2 is 1.94 bits per heavy atom. The molecule has 1 saturated heterocycles. The second-order valence-corrected chi connectivity index (χ2v) is 8.20. The average Bonchev–Trinajstić information content (AvgIpc) is 3.24. The molecule has 0 aliphatic carbocycles. The number of halogens is 1. The lowest BCUT2D eigenvalue weighted by atomic mass is 10.1. The van der Waals surface area contributed by atoms with Gasteiger partial charge in [0.1, 0.15) is 11.6 Å². The van der Waals surface area contributed by atoms with E-state index in [1.807, 2.05) is 26.8 Å². The minimum atomic E-state index is -0.770. The van der Waals surface area contributed by atoms with Gasteiger partial charge in [-0.3, -0.25) is 14.3 Å². The Morgan fingerprint density at radius 1 is 1.21 bits per heavy atom. The van der Waals surface area contributed by atoms with E-state index in [-0.39, 0.29) is 29.7 Å². The summed E-state index contributed by atoms with van der Waals surface area (Å²) < 4.78 is 32.4. The summed E-state index contributed by atoms with van der Waals surface area (Å²) in [6, 6.07) is 8.07. The number of aryl methyl sites for hydroxylation is 1. The van der Waals surface area contributed by atoms with Gasteiger partial charge in [-0.1, -0.05) is 19.9 Å². The quantitative estimate of drug-likeness (QED) is 0.547. The topological polar surface area (TPSA) is 121 Å². The summed E-state index contributed by atoms with van der Waals surface area (Å²) in [7, 11) is 0. The first-order valence-electron chi connectivity index (χ1n) is 10.5. The number of hydrogen-bond donors (Lipinski definition) is 2. The zero-order chi connectivity index (χ0) is 23.7. The second kappa shape index (κ2) is 9.16. The van der Waals surface area contributed by atoms with Gasteiger partial charge in [0, 0.05) is 5.56 Å². The van der Waals surface area contributed by atoms with Gasteiger partial charge in [0.2, 0.25) is 11.8 Å². The molecule has 1 aliphatic heterocycles. The van der Waals surface area contributed by atoms with Crippen molar-refractivity contribution in [1.82, 2.24) is 14.5 Å². The summed E-state index contributed by atoms with van der Waals surface area (Å²) in [5.41, 5.74) is 6.75. The van der Waals surface area contributed by atoms with E-state index in [1.54, 1.807) is 12.1 Å². The second-order valence-electron chi connectivity index (χ2n) is 8.20. The van der Waals surface area contributed by atoms with Crippen molar-refractivity contribution in [3.63, 3.8) is 0 Å². The van der Waals surface area contributed by atoms with Crippen LogP contribution in [0.5, 0.6) is 11.6 Å². The van der Waals surface area contributed by atoms with Gasteiger partial charge in [-0.25, -0.2) is 9.78 Å². The van der Waals surface area contributed by atoms with Gasteiger partial charge in [0.15, 0.2) is 6.29 Å². The van der Waals surface area contributed by atoms with Crippen LogP contribution in [0.3, 0.4) is 0 Å². The number of rotatable bonds is 6. The average molecular weight is 456 g/mol. The predicted molar refractivity (Wildman–Crippen MR) is 119 cm³/mol. The van der Waals surface area contributed by atoms with Crippen LogP contribution >= 0.6 is 0 Å². The van der Waals surface area contributed by atoms with Crippen LogP contribution in [-0.4, -0.2) is 27.7 Å². The van der Waals surface area contributed by atoms with Crippen molar-refractivity contribution in [3.05, 3.63) is 79.4 Å². The maximum atomic E-state index is 13.8. The van der Waals surface area contributed by atoms with Crippen LogP contribution in [0.25, 0.3) is 0 Å². The van der Waals surface area contributed by atoms with Gasteiger partial charge in [0.05, 0.1) is 25.3 Å². The third kappa shape index (κ3) is 4.96. The molecule has 174 valence electrons. The SMILES string of the molecule is Cc1cc(Oc2c(C(C)C)c(=O)[nH]c(=O)n2Cc2cc(N)nc(F)c2)cc(C2OCCO2)c1. The monoisotopic (exact) mass is 456 g/mol. The molecule has 0 spiro atoms. The van der Waals surface area contributed by atoms with Crippen molar-refractivity contribution >= 4 is 5.82 Å². The van der Waals surface area contributed by atoms with Crippen LogP contribution in [0.15, 0.2) is 39.9 Å². The highest BCUT2D eigenvalue weighted by molar-refractivity contribution is 5.40. The van der Waals surface area contributed by atoms with E-state index in [0.717, 1.165) is 11.1 Å². The highest BCUT2D eigenvalue weighted by atomic mass is 19.1. The summed E-state index contributed by atoms with van der Waals surface area (Å²) in [6.07, 6.45) is -0.513. The molecular formula is C23H25FN4O5. The van der Waals surface area contributed by atoms with E-state index < -0.39 is 23.5 Å². The van der Waals surface area contributed by atoms with Crippen LogP contribution in [0.1, 0.15) is 48.3 Å². The normalized spacial score (nSPS) is 14.2. The number of aromatic amines is 1. The Balaban J connectivity index is 1.82.